The molecule has 306 valence electrons. The second-order valence-electron chi connectivity index (χ2n) is 14.3. The topological polar surface area (TPSA) is 186 Å². The minimum absolute atomic E-state index is 0.157. The van der Waals surface area contributed by atoms with Crippen LogP contribution in [0.2, 0.25) is 0 Å². The average Bonchev–Trinajstić information content (AvgIpc) is 3.10. The Balaban J connectivity index is 2.50. The molecule has 52 heavy (non-hydrogen) atoms. The fourth-order valence-corrected chi connectivity index (χ4v) is 6.82. The minimum Gasteiger partial charge on any atom is -0.462 e. The van der Waals surface area contributed by atoms with Crippen molar-refractivity contribution in [2.24, 2.45) is 0 Å². The monoisotopic (exact) mass is 764 g/mol. The third kappa shape index (κ3) is 25.4. The van der Waals surface area contributed by atoms with Crippen LogP contribution < -0.4 is 0 Å². The summed E-state index contributed by atoms with van der Waals surface area (Å²) in [6, 6.07) is 0. The van der Waals surface area contributed by atoms with Gasteiger partial charge in [-0.1, -0.05) is 135 Å². The number of aliphatic hydroxyl groups excluding tert-OH is 3. The molecule has 1 aliphatic rings. The molecule has 6 atom stereocenters. The van der Waals surface area contributed by atoms with Gasteiger partial charge in [-0.3, -0.25) is 14.1 Å². The zero-order valence-corrected chi connectivity index (χ0v) is 33.0. The van der Waals surface area contributed by atoms with E-state index in [9.17, 15) is 37.9 Å². The Kier molecular flexibility index (Phi) is 28.6. The Bertz CT molecular complexity index is 1040. The van der Waals surface area contributed by atoms with E-state index in [2.05, 4.69) is 26.0 Å². The Morgan fingerprint density at radius 1 is 0.635 bits per heavy atom. The first kappa shape index (κ1) is 48.4. The summed E-state index contributed by atoms with van der Waals surface area (Å²) < 4.78 is 53.8. The van der Waals surface area contributed by atoms with Gasteiger partial charge in [0.15, 0.2) is 12.4 Å². The first-order chi connectivity index (χ1) is 25.0. The van der Waals surface area contributed by atoms with Gasteiger partial charge in [0, 0.05) is 12.8 Å². The molecule has 0 bridgehead atoms. The molecular formula is C39H72O12S. The highest BCUT2D eigenvalue weighted by molar-refractivity contribution is 7.85. The molecular weight excluding hydrogens is 692 g/mol. The number of ether oxygens (including phenoxy) is 4. The normalized spacial score (nSPS) is 21.4. The fraction of sp³-hybridized carbons (Fsp3) is 0.897. The van der Waals surface area contributed by atoms with Crippen LogP contribution >= 0.6 is 0 Å². The third-order valence-electron chi connectivity index (χ3n) is 9.35. The lowest BCUT2D eigenvalue weighted by Gasteiger charge is -2.40. The van der Waals surface area contributed by atoms with Crippen LogP contribution in [0.15, 0.2) is 12.2 Å². The van der Waals surface area contributed by atoms with Gasteiger partial charge in [0.05, 0.1) is 6.61 Å². The van der Waals surface area contributed by atoms with Crippen LogP contribution in [0, 0.1) is 0 Å². The highest BCUT2D eigenvalue weighted by Crippen LogP contribution is 2.24. The number of aliphatic hydroxyl groups is 3. The van der Waals surface area contributed by atoms with E-state index < -0.39 is 71.2 Å². The van der Waals surface area contributed by atoms with Crippen LogP contribution in [0.25, 0.3) is 0 Å². The predicted octanol–water partition coefficient (Wildman–Crippen LogP) is 7.11. The molecule has 0 amide bonds. The summed E-state index contributed by atoms with van der Waals surface area (Å²) in [5.41, 5.74) is 0. The van der Waals surface area contributed by atoms with Crippen LogP contribution in [-0.4, -0.2) is 96.0 Å². The molecule has 12 nitrogen and oxygen atoms in total. The molecule has 0 radical (unpaired) electrons. The van der Waals surface area contributed by atoms with E-state index >= 15 is 0 Å². The van der Waals surface area contributed by atoms with Crippen molar-refractivity contribution < 1.29 is 56.8 Å². The molecule has 1 heterocycles. The van der Waals surface area contributed by atoms with Crippen molar-refractivity contribution in [3.8, 4) is 0 Å². The largest absolute Gasteiger partial charge is 0.462 e. The maximum atomic E-state index is 12.7. The predicted molar refractivity (Wildman–Crippen MR) is 201 cm³/mol. The van der Waals surface area contributed by atoms with Gasteiger partial charge in [-0.15, -0.1) is 0 Å². The molecule has 0 aliphatic carbocycles. The van der Waals surface area contributed by atoms with E-state index in [1.165, 1.54) is 70.6 Å². The van der Waals surface area contributed by atoms with E-state index in [4.69, 9.17) is 18.9 Å². The second kappa shape index (κ2) is 30.7. The number of allylic oxidation sites excluding steroid dienone is 2. The number of rotatable bonds is 33. The number of unbranched alkanes of at least 4 members (excludes halogenated alkanes) is 19. The van der Waals surface area contributed by atoms with Crippen molar-refractivity contribution in [1.82, 2.24) is 0 Å². The molecule has 0 spiro atoms. The molecule has 1 fully saturated rings. The lowest BCUT2D eigenvalue weighted by Crippen LogP contribution is -2.60. The number of esters is 2. The summed E-state index contributed by atoms with van der Waals surface area (Å²) in [6.07, 6.45) is 19.9. The number of hydrogen-bond acceptors (Lipinski definition) is 11. The number of hydrogen-bond donors (Lipinski definition) is 4. The van der Waals surface area contributed by atoms with E-state index in [0.717, 1.165) is 57.8 Å². The van der Waals surface area contributed by atoms with Crippen LogP contribution in [0.4, 0.5) is 0 Å². The zero-order valence-electron chi connectivity index (χ0n) is 32.2. The molecule has 1 aliphatic heterocycles. The number of carbonyl (C=O) groups is 2. The van der Waals surface area contributed by atoms with Gasteiger partial charge >= 0.3 is 11.9 Å². The quantitative estimate of drug-likeness (QED) is 0.0230. The summed E-state index contributed by atoms with van der Waals surface area (Å²) >= 11 is 0. The van der Waals surface area contributed by atoms with Crippen molar-refractivity contribution in [3.05, 3.63) is 12.2 Å². The smallest absolute Gasteiger partial charge is 0.306 e. The fourth-order valence-electron chi connectivity index (χ4n) is 6.13. The summed E-state index contributed by atoms with van der Waals surface area (Å²) in [6.45, 7) is 3.69. The lowest BCUT2D eigenvalue weighted by atomic mass is 10.00. The molecule has 6 unspecified atom stereocenters. The second-order valence-corrected chi connectivity index (χ2v) is 15.8. The summed E-state index contributed by atoms with van der Waals surface area (Å²) in [7, 11) is -4.59. The molecule has 0 aromatic carbocycles. The van der Waals surface area contributed by atoms with Crippen LogP contribution in [0.5, 0.6) is 0 Å². The first-order valence-electron chi connectivity index (χ1n) is 20.2. The van der Waals surface area contributed by atoms with E-state index in [-0.39, 0.29) is 19.4 Å². The highest BCUT2D eigenvalue weighted by Gasteiger charge is 2.46. The maximum Gasteiger partial charge on any atom is 0.306 e. The van der Waals surface area contributed by atoms with Crippen LogP contribution in [-0.2, 0) is 38.7 Å². The van der Waals surface area contributed by atoms with Gasteiger partial charge < -0.3 is 34.3 Å². The molecule has 0 saturated carbocycles. The van der Waals surface area contributed by atoms with Crippen molar-refractivity contribution in [2.75, 3.05) is 19.0 Å². The Morgan fingerprint density at radius 2 is 1.12 bits per heavy atom. The van der Waals surface area contributed by atoms with Crippen LogP contribution in [0.1, 0.15) is 168 Å². The molecule has 0 aromatic rings. The van der Waals surface area contributed by atoms with Gasteiger partial charge in [0.1, 0.15) is 36.8 Å². The molecule has 4 N–H and O–H groups in total. The van der Waals surface area contributed by atoms with Gasteiger partial charge in [0.2, 0.25) is 0 Å². The standard InChI is InChI=1S/C39H72O12S/c1-3-5-7-9-11-13-15-16-18-19-21-23-25-27-34(40)48-29-32(50-35(41)28-26-24-22-20-17-14-12-10-8-6-4-2)30-49-39-38(44)37(43)36(42)33(51-39)31-52(45,46)47/h10,12,32-33,36-39,42-44H,3-9,11,13-31H2,1-2H3,(H,45,46,47)/b12-10-. The minimum atomic E-state index is -4.59. The van der Waals surface area contributed by atoms with Crippen molar-refractivity contribution >= 4 is 22.1 Å². The Morgan fingerprint density at radius 3 is 1.65 bits per heavy atom. The van der Waals surface area contributed by atoms with Gasteiger partial charge in [-0.25, -0.2) is 0 Å². The summed E-state index contributed by atoms with van der Waals surface area (Å²) in [5, 5.41) is 30.7. The molecule has 1 rings (SSSR count). The van der Waals surface area contributed by atoms with Crippen molar-refractivity contribution in [2.45, 2.75) is 205 Å². The number of carbonyl (C=O) groups excluding carboxylic acids is 2. The Hall–Kier alpha value is -1.61. The zero-order chi connectivity index (χ0) is 38.5. The van der Waals surface area contributed by atoms with Gasteiger partial charge in [-0.05, 0) is 32.1 Å². The lowest BCUT2D eigenvalue weighted by molar-refractivity contribution is -0.297. The van der Waals surface area contributed by atoms with Crippen LogP contribution in [0.3, 0.4) is 0 Å². The average molecular weight is 765 g/mol. The van der Waals surface area contributed by atoms with E-state index in [1.807, 2.05) is 0 Å². The first-order valence-corrected chi connectivity index (χ1v) is 21.9. The third-order valence-corrected chi connectivity index (χ3v) is 10.1. The molecule has 13 heteroatoms. The SMILES string of the molecule is CCCC/C=C\CCCCCCCC(=O)OC(COC(=O)CCCCCCCCCCCCCCC)COC1OC(CS(=O)(=O)O)C(O)C(O)C1O. The highest BCUT2D eigenvalue weighted by atomic mass is 32.2. The summed E-state index contributed by atoms with van der Waals surface area (Å²) in [4.78, 5) is 25.2. The summed E-state index contributed by atoms with van der Waals surface area (Å²) in [5.74, 6) is -1.99. The van der Waals surface area contributed by atoms with Gasteiger partial charge in [0.25, 0.3) is 10.1 Å². The molecule has 0 aromatic heterocycles. The maximum absolute atomic E-state index is 12.7. The molecule has 1 saturated heterocycles. The van der Waals surface area contributed by atoms with E-state index in [1.54, 1.807) is 0 Å². The Labute approximate surface area is 314 Å². The van der Waals surface area contributed by atoms with Gasteiger partial charge in [-0.2, -0.15) is 8.42 Å². The van der Waals surface area contributed by atoms with Crippen molar-refractivity contribution in [3.63, 3.8) is 0 Å². The van der Waals surface area contributed by atoms with Crippen molar-refractivity contribution in [1.29, 1.82) is 0 Å². The van der Waals surface area contributed by atoms with E-state index in [0.29, 0.717) is 12.8 Å².